The number of hydrogen-bond acceptors (Lipinski definition) is 7. The van der Waals surface area contributed by atoms with Crippen LogP contribution in [0.5, 0.6) is 5.88 Å². The third-order valence-corrected chi connectivity index (χ3v) is 9.75. The number of piperazine rings is 2. The Labute approximate surface area is 254 Å². The minimum absolute atomic E-state index is 0.0658. The van der Waals surface area contributed by atoms with Gasteiger partial charge in [-0.2, -0.15) is 0 Å². The van der Waals surface area contributed by atoms with Crippen LogP contribution in [0.1, 0.15) is 77.6 Å². The second kappa shape index (κ2) is 13.6. The number of aromatic nitrogens is 1. The Morgan fingerprint density at radius 2 is 1.56 bits per heavy atom. The lowest BCUT2D eigenvalue weighted by atomic mass is 9.78. The number of halogens is 1. The van der Waals surface area contributed by atoms with Crippen molar-refractivity contribution >= 4 is 17.5 Å². The summed E-state index contributed by atoms with van der Waals surface area (Å²) in [6.45, 7) is 8.91. The number of benzene rings is 1. The van der Waals surface area contributed by atoms with Crippen LogP contribution in [-0.4, -0.2) is 98.1 Å². The molecule has 1 atom stereocenters. The predicted molar refractivity (Wildman–Crippen MR) is 164 cm³/mol. The summed E-state index contributed by atoms with van der Waals surface area (Å²) >= 11 is 0. The smallest absolute Gasteiger partial charge is 0.255 e. The lowest BCUT2D eigenvalue weighted by molar-refractivity contribution is 0.0535. The minimum Gasteiger partial charge on any atom is -0.473 e. The number of anilines is 1. The third-order valence-electron chi connectivity index (χ3n) is 9.75. The number of rotatable bonds is 7. The van der Waals surface area contributed by atoms with E-state index in [0.29, 0.717) is 49.1 Å². The number of amides is 2. The zero-order valence-corrected chi connectivity index (χ0v) is 25.3. The van der Waals surface area contributed by atoms with Gasteiger partial charge in [0, 0.05) is 81.9 Å². The van der Waals surface area contributed by atoms with Gasteiger partial charge in [-0.1, -0.05) is 13.3 Å². The van der Waals surface area contributed by atoms with Gasteiger partial charge in [-0.05, 0) is 74.8 Å². The first-order valence-corrected chi connectivity index (χ1v) is 16.2. The average molecular weight is 593 g/mol. The second-order valence-corrected chi connectivity index (χ2v) is 12.5. The molecular formula is C33H45FN6O3. The highest BCUT2D eigenvalue weighted by Gasteiger charge is 2.30. The fourth-order valence-electron chi connectivity index (χ4n) is 7.03. The van der Waals surface area contributed by atoms with Gasteiger partial charge >= 0.3 is 0 Å². The van der Waals surface area contributed by atoms with E-state index in [1.165, 1.54) is 31.4 Å². The molecule has 2 amide bonds. The van der Waals surface area contributed by atoms with E-state index in [1.54, 1.807) is 22.1 Å². The summed E-state index contributed by atoms with van der Waals surface area (Å²) < 4.78 is 20.9. The van der Waals surface area contributed by atoms with Crippen LogP contribution in [0.15, 0.2) is 30.5 Å². The summed E-state index contributed by atoms with van der Waals surface area (Å²) in [6.07, 6.45) is 8.51. The molecule has 2 aromatic rings. The molecule has 0 bridgehead atoms. The minimum atomic E-state index is -0.406. The Morgan fingerprint density at radius 1 is 0.860 bits per heavy atom. The Kier molecular flexibility index (Phi) is 9.43. The first kappa shape index (κ1) is 29.8. The number of carbonyl (C=O) groups excluding carboxylic acids is 2. The first-order chi connectivity index (χ1) is 21.0. The molecular weight excluding hydrogens is 547 g/mol. The molecule has 9 nitrogen and oxygen atoms in total. The van der Waals surface area contributed by atoms with Crippen LogP contribution in [-0.2, 0) is 0 Å². The van der Waals surface area contributed by atoms with Gasteiger partial charge in [-0.25, -0.2) is 9.37 Å². The molecule has 4 aliphatic rings. The molecule has 0 unspecified atom stereocenters. The Bertz CT molecular complexity index is 1280. The van der Waals surface area contributed by atoms with Gasteiger partial charge in [-0.15, -0.1) is 0 Å². The first-order valence-electron chi connectivity index (χ1n) is 16.2. The largest absolute Gasteiger partial charge is 0.473 e. The van der Waals surface area contributed by atoms with Crippen molar-refractivity contribution in [3.8, 4) is 5.88 Å². The normalized spacial score (nSPS) is 24.7. The van der Waals surface area contributed by atoms with Crippen LogP contribution in [0.25, 0.3) is 0 Å². The molecule has 1 aromatic carbocycles. The van der Waals surface area contributed by atoms with Crippen molar-refractivity contribution in [2.24, 2.45) is 5.92 Å². The fraction of sp³-hybridized carbons (Fsp3) is 0.606. The second-order valence-electron chi connectivity index (χ2n) is 12.5. The van der Waals surface area contributed by atoms with E-state index in [2.05, 4.69) is 22.5 Å². The van der Waals surface area contributed by atoms with Crippen LogP contribution in [0, 0.1) is 11.7 Å². The SMILES string of the molecule is CCC1CCC(c2cc(C(=O)N3CCN(C(=O)c4cc(F)cc(N5CCNCC5)c4)CC3)cnc2O[C@H]2CCNC2)CC1. The highest BCUT2D eigenvalue weighted by molar-refractivity contribution is 5.96. The average Bonchev–Trinajstić information content (AvgIpc) is 3.58. The predicted octanol–water partition coefficient (Wildman–Crippen LogP) is 3.65. The molecule has 2 N–H and O–H groups in total. The van der Waals surface area contributed by atoms with Gasteiger partial charge in [0.1, 0.15) is 11.9 Å². The molecule has 1 aliphatic carbocycles. The summed E-state index contributed by atoms with van der Waals surface area (Å²) in [6, 6.07) is 6.63. The molecule has 1 aromatic heterocycles. The standard InChI is InChI=1S/C33H45FN6O3/c1-2-23-3-5-24(6-4-23)30-19-26(21-37-31(30)43-29-7-8-36-22-29)33(42)40-15-13-39(14-16-40)32(41)25-17-27(34)20-28(18-25)38-11-9-35-10-12-38/h17-21,23-24,29,35-36H,2-16,22H2,1H3/t23?,24?,29-/m0/s1. The zero-order chi connectivity index (χ0) is 29.8. The molecule has 0 spiro atoms. The number of pyridine rings is 1. The van der Waals surface area contributed by atoms with Crippen LogP contribution < -0.4 is 20.3 Å². The topological polar surface area (TPSA) is 90.0 Å². The molecule has 3 saturated heterocycles. The van der Waals surface area contributed by atoms with Crippen LogP contribution in [0.4, 0.5) is 10.1 Å². The van der Waals surface area contributed by atoms with Crippen molar-refractivity contribution in [2.75, 3.05) is 70.3 Å². The molecule has 4 heterocycles. The van der Waals surface area contributed by atoms with Crippen LogP contribution in [0.2, 0.25) is 0 Å². The monoisotopic (exact) mass is 592 g/mol. The summed E-state index contributed by atoms with van der Waals surface area (Å²) in [5.74, 6) is 1.13. The Morgan fingerprint density at radius 3 is 2.21 bits per heavy atom. The van der Waals surface area contributed by atoms with Crippen molar-refractivity contribution < 1.29 is 18.7 Å². The lowest BCUT2D eigenvalue weighted by Crippen LogP contribution is -2.50. The maximum Gasteiger partial charge on any atom is 0.255 e. The number of nitrogens with one attached hydrogen (secondary N) is 2. The molecule has 0 radical (unpaired) electrons. The molecule has 4 fully saturated rings. The van der Waals surface area contributed by atoms with Gasteiger partial charge in [0.2, 0.25) is 5.88 Å². The fourth-order valence-corrected chi connectivity index (χ4v) is 7.03. The molecule has 1 saturated carbocycles. The van der Waals surface area contributed by atoms with Gasteiger partial charge in [0.05, 0.1) is 5.56 Å². The highest BCUT2D eigenvalue weighted by Crippen LogP contribution is 2.40. The van der Waals surface area contributed by atoms with E-state index in [1.807, 2.05) is 6.07 Å². The van der Waals surface area contributed by atoms with E-state index in [9.17, 15) is 14.0 Å². The third kappa shape index (κ3) is 6.96. The molecule has 43 heavy (non-hydrogen) atoms. The zero-order valence-electron chi connectivity index (χ0n) is 25.3. The quantitative estimate of drug-likeness (QED) is 0.508. The maximum atomic E-state index is 14.5. The van der Waals surface area contributed by atoms with Gasteiger partial charge in [0.25, 0.3) is 11.8 Å². The molecule has 3 aliphatic heterocycles. The Hall–Kier alpha value is -3.24. The highest BCUT2D eigenvalue weighted by atomic mass is 19.1. The lowest BCUT2D eigenvalue weighted by Gasteiger charge is -2.35. The number of carbonyl (C=O) groups is 2. The van der Waals surface area contributed by atoms with Gasteiger partial charge in [0.15, 0.2) is 0 Å². The van der Waals surface area contributed by atoms with E-state index in [0.717, 1.165) is 75.7 Å². The van der Waals surface area contributed by atoms with E-state index in [4.69, 9.17) is 9.72 Å². The summed E-state index contributed by atoms with van der Waals surface area (Å²) in [7, 11) is 0. The van der Waals surface area contributed by atoms with E-state index < -0.39 is 5.82 Å². The van der Waals surface area contributed by atoms with Crippen LogP contribution in [0.3, 0.4) is 0 Å². The van der Waals surface area contributed by atoms with Crippen molar-refractivity contribution in [1.82, 2.24) is 25.4 Å². The van der Waals surface area contributed by atoms with Gasteiger partial charge in [-0.3, -0.25) is 9.59 Å². The molecule has 6 rings (SSSR count). The van der Waals surface area contributed by atoms with E-state index >= 15 is 0 Å². The number of ether oxygens (including phenoxy) is 1. The molecule has 232 valence electrons. The van der Waals surface area contributed by atoms with Crippen molar-refractivity contribution in [3.63, 3.8) is 0 Å². The van der Waals surface area contributed by atoms with E-state index in [-0.39, 0.29) is 17.9 Å². The maximum absolute atomic E-state index is 14.5. The summed E-state index contributed by atoms with van der Waals surface area (Å²) in [5.41, 5.74) is 2.73. The molecule has 10 heteroatoms. The van der Waals surface area contributed by atoms with Crippen molar-refractivity contribution in [2.45, 2.75) is 57.5 Å². The number of hydrogen-bond donors (Lipinski definition) is 2. The van der Waals surface area contributed by atoms with Gasteiger partial charge < -0.3 is 30.1 Å². The summed E-state index contributed by atoms with van der Waals surface area (Å²) in [5, 5.41) is 6.65. The van der Waals surface area contributed by atoms with Crippen molar-refractivity contribution in [1.29, 1.82) is 0 Å². The summed E-state index contributed by atoms with van der Waals surface area (Å²) in [4.78, 5) is 37.4. The number of nitrogens with zero attached hydrogens (tertiary/aromatic N) is 4. The van der Waals surface area contributed by atoms with Crippen molar-refractivity contribution in [3.05, 3.63) is 53.0 Å². The van der Waals surface area contributed by atoms with Crippen LogP contribution >= 0.6 is 0 Å². The Balaban J connectivity index is 1.12.